The molecule has 3 heteroatoms. The molecule has 0 saturated carbocycles. The first kappa shape index (κ1) is 8.94. The number of aryl methyl sites for hydroxylation is 1. The van der Waals surface area contributed by atoms with Crippen molar-refractivity contribution in [2.75, 3.05) is 0 Å². The highest BCUT2D eigenvalue weighted by Gasteiger charge is 2.21. The number of amides is 1. The second-order valence-corrected chi connectivity index (χ2v) is 3.45. The summed E-state index contributed by atoms with van der Waals surface area (Å²) in [6, 6.07) is 5.74. The lowest BCUT2D eigenvalue weighted by molar-refractivity contribution is -0.110. The minimum atomic E-state index is 0.128. The fraction of sp³-hybridized carbons (Fsp3) is 0.273. The summed E-state index contributed by atoms with van der Waals surface area (Å²) in [4.78, 5) is 20.9. The first-order chi connectivity index (χ1) is 6.85. The monoisotopic (exact) mass is 189 g/mol. The quantitative estimate of drug-likeness (QED) is 0.727. The van der Waals surface area contributed by atoms with Crippen molar-refractivity contribution >= 4 is 12.7 Å². The first-order valence-corrected chi connectivity index (χ1v) is 4.63. The average molecular weight is 189 g/mol. The maximum absolute atomic E-state index is 10.5. The minimum absolute atomic E-state index is 0.128. The zero-order chi connectivity index (χ0) is 9.97. The van der Waals surface area contributed by atoms with Crippen LogP contribution in [0.4, 0.5) is 0 Å². The average Bonchev–Trinajstić information content (AvgIpc) is 2.61. The van der Waals surface area contributed by atoms with Gasteiger partial charge in [-0.15, -0.1) is 0 Å². The minimum Gasteiger partial charge on any atom is -0.352 e. The Labute approximate surface area is 82.1 Å². The number of benzene rings is 1. The topological polar surface area (TPSA) is 46.2 Å². The van der Waals surface area contributed by atoms with Crippen molar-refractivity contribution in [2.45, 2.75) is 18.9 Å². The molecule has 0 fully saturated rings. The van der Waals surface area contributed by atoms with E-state index < -0.39 is 0 Å². The van der Waals surface area contributed by atoms with E-state index in [0.29, 0.717) is 5.56 Å². The smallest absolute Gasteiger partial charge is 0.207 e. The molecule has 0 bridgehead atoms. The molecule has 0 saturated heterocycles. The molecule has 1 aliphatic rings. The standard InChI is InChI=1S/C11H11NO2/c13-6-8-1-3-10-9(5-8)2-4-11(10)12-7-14/h1,3,5-7,11H,2,4H2,(H,12,14). The number of hydrogen-bond donors (Lipinski definition) is 1. The third-order valence-corrected chi connectivity index (χ3v) is 2.65. The summed E-state index contributed by atoms with van der Waals surface area (Å²) >= 11 is 0. The van der Waals surface area contributed by atoms with E-state index in [0.717, 1.165) is 31.1 Å². The number of nitrogens with one attached hydrogen (secondary N) is 1. The van der Waals surface area contributed by atoms with Crippen LogP contribution in [0.15, 0.2) is 18.2 Å². The predicted octanol–water partition coefficient (Wildman–Crippen LogP) is 1.23. The Kier molecular flexibility index (Phi) is 2.31. The Hall–Kier alpha value is -1.64. The highest BCUT2D eigenvalue weighted by atomic mass is 16.1. The molecule has 1 aromatic carbocycles. The Morgan fingerprint density at radius 2 is 2.21 bits per heavy atom. The largest absolute Gasteiger partial charge is 0.352 e. The molecule has 0 radical (unpaired) electrons. The molecule has 2 rings (SSSR count). The van der Waals surface area contributed by atoms with Gasteiger partial charge in [0.1, 0.15) is 6.29 Å². The van der Waals surface area contributed by atoms with Gasteiger partial charge >= 0.3 is 0 Å². The summed E-state index contributed by atoms with van der Waals surface area (Å²) in [6.07, 6.45) is 3.44. The molecule has 1 aromatic rings. The van der Waals surface area contributed by atoms with Gasteiger partial charge in [-0.2, -0.15) is 0 Å². The highest BCUT2D eigenvalue weighted by molar-refractivity contribution is 5.75. The Morgan fingerprint density at radius 1 is 1.36 bits per heavy atom. The zero-order valence-electron chi connectivity index (χ0n) is 7.69. The van der Waals surface area contributed by atoms with Gasteiger partial charge in [-0.3, -0.25) is 9.59 Å². The van der Waals surface area contributed by atoms with Gasteiger partial charge in [0.15, 0.2) is 0 Å². The van der Waals surface area contributed by atoms with Crippen LogP contribution in [-0.2, 0) is 11.2 Å². The summed E-state index contributed by atoms with van der Waals surface area (Å²) in [5.41, 5.74) is 3.02. The number of fused-ring (bicyclic) bond motifs is 1. The number of aldehydes is 1. The second-order valence-electron chi connectivity index (χ2n) is 3.45. The second kappa shape index (κ2) is 3.62. The van der Waals surface area contributed by atoms with Gasteiger partial charge < -0.3 is 5.32 Å². The van der Waals surface area contributed by atoms with Crippen LogP contribution < -0.4 is 5.32 Å². The molecule has 0 aromatic heterocycles. The van der Waals surface area contributed by atoms with Crippen LogP contribution >= 0.6 is 0 Å². The van der Waals surface area contributed by atoms with E-state index in [1.165, 1.54) is 5.56 Å². The van der Waals surface area contributed by atoms with E-state index in [9.17, 15) is 9.59 Å². The Balaban J connectivity index is 2.33. The lowest BCUT2D eigenvalue weighted by Crippen LogP contribution is -2.16. The van der Waals surface area contributed by atoms with Crippen LogP contribution in [0, 0.1) is 0 Å². The zero-order valence-corrected chi connectivity index (χ0v) is 7.69. The number of hydrogen-bond acceptors (Lipinski definition) is 2. The maximum atomic E-state index is 10.5. The van der Waals surface area contributed by atoms with Crippen LogP contribution in [0.5, 0.6) is 0 Å². The van der Waals surface area contributed by atoms with E-state index in [-0.39, 0.29) is 6.04 Å². The molecule has 3 nitrogen and oxygen atoms in total. The SMILES string of the molecule is O=CNC1CCc2cc(C=O)ccc21. The van der Waals surface area contributed by atoms with Crippen molar-refractivity contribution in [2.24, 2.45) is 0 Å². The van der Waals surface area contributed by atoms with E-state index in [4.69, 9.17) is 0 Å². The van der Waals surface area contributed by atoms with Gasteiger partial charge in [0.25, 0.3) is 0 Å². The molecule has 1 unspecified atom stereocenters. The van der Waals surface area contributed by atoms with E-state index in [1.807, 2.05) is 12.1 Å². The van der Waals surface area contributed by atoms with Gasteiger partial charge in [-0.05, 0) is 30.0 Å². The fourth-order valence-electron chi connectivity index (χ4n) is 1.97. The van der Waals surface area contributed by atoms with E-state index in [2.05, 4.69) is 5.32 Å². The van der Waals surface area contributed by atoms with Crippen molar-refractivity contribution < 1.29 is 9.59 Å². The van der Waals surface area contributed by atoms with Crippen LogP contribution in [0.25, 0.3) is 0 Å². The summed E-state index contributed by atoms with van der Waals surface area (Å²) in [5.74, 6) is 0. The predicted molar refractivity (Wildman–Crippen MR) is 52.1 cm³/mol. The van der Waals surface area contributed by atoms with Gasteiger partial charge in [0.2, 0.25) is 6.41 Å². The lowest BCUT2D eigenvalue weighted by atomic mass is 10.1. The Morgan fingerprint density at radius 3 is 2.93 bits per heavy atom. The third kappa shape index (κ3) is 1.41. The molecule has 72 valence electrons. The van der Waals surface area contributed by atoms with Gasteiger partial charge in [0, 0.05) is 5.56 Å². The van der Waals surface area contributed by atoms with Crippen molar-refractivity contribution in [3.8, 4) is 0 Å². The van der Waals surface area contributed by atoms with Gasteiger partial charge in [-0.1, -0.05) is 12.1 Å². The summed E-state index contributed by atoms with van der Waals surface area (Å²) < 4.78 is 0. The number of rotatable bonds is 3. The highest BCUT2D eigenvalue weighted by Crippen LogP contribution is 2.30. The Bertz CT molecular complexity index is 374. The maximum Gasteiger partial charge on any atom is 0.207 e. The fourth-order valence-corrected chi connectivity index (χ4v) is 1.97. The summed E-state index contributed by atoms with van der Waals surface area (Å²) in [6.45, 7) is 0. The molecule has 0 aliphatic heterocycles. The number of carbonyl (C=O) groups is 2. The molecule has 14 heavy (non-hydrogen) atoms. The molecular weight excluding hydrogens is 178 g/mol. The summed E-state index contributed by atoms with van der Waals surface area (Å²) in [5, 5.41) is 2.77. The van der Waals surface area contributed by atoms with E-state index >= 15 is 0 Å². The molecular formula is C11H11NO2. The van der Waals surface area contributed by atoms with E-state index in [1.54, 1.807) is 6.07 Å². The molecule has 1 N–H and O–H groups in total. The number of carbonyl (C=O) groups excluding carboxylic acids is 2. The summed E-state index contributed by atoms with van der Waals surface area (Å²) in [7, 11) is 0. The molecule has 1 amide bonds. The van der Waals surface area contributed by atoms with Crippen molar-refractivity contribution in [1.82, 2.24) is 5.32 Å². The van der Waals surface area contributed by atoms with Crippen molar-refractivity contribution in [3.63, 3.8) is 0 Å². The van der Waals surface area contributed by atoms with Crippen molar-refractivity contribution in [3.05, 3.63) is 34.9 Å². The first-order valence-electron chi connectivity index (χ1n) is 4.63. The van der Waals surface area contributed by atoms with Gasteiger partial charge in [-0.25, -0.2) is 0 Å². The lowest BCUT2D eigenvalue weighted by Gasteiger charge is -2.09. The van der Waals surface area contributed by atoms with Crippen molar-refractivity contribution in [1.29, 1.82) is 0 Å². The van der Waals surface area contributed by atoms with Crippen LogP contribution in [0.2, 0.25) is 0 Å². The van der Waals surface area contributed by atoms with Gasteiger partial charge in [0.05, 0.1) is 6.04 Å². The third-order valence-electron chi connectivity index (χ3n) is 2.65. The normalized spacial score (nSPS) is 18.7. The molecule has 0 spiro atoms. The van der Waals surface area contributed by atoms with Crippen LogP contribution in [0.1, 0.15) is 33.9 Å². The molecule has 1 aliphatic carbocycles. The van der Waals surface area contributed by atoms with Crippen LogP contribution in [-0.4, -0.2) is 12.7 Å². The molecule has 0 heterocycles. The molecule has 1 atom stereocenters. The van der Waals surface area contributed by atoms with Crippen LogP contribution in [0.3, 0.4) is 0 Å².